The lowest BCUT2D eigenvalue weighted by Crippen LogP contribution is -2.31. The minimum absolute atomic E-state index is 0.129. The second-order valence-corrected chi connectivity index (χ2v) is 8.71. The summed E-state index contributed by atoms with van der Waals surface area (Å²) in [6.45, 7) is 2.95. The van der Waals surface area contributed by atoms with Crippen LogP contribution in [-0.2, 0) is 19.6 Å². The van der Waals surface area contributed by atoms with Crippen molar-refractivity contribution in [1.29, 1.82) is 0 Å². The monoisotopic (exact) mass is 438 g/mol. The first-order chi connectivity index (χ1) is 15.1. The summed E-state index contributed by atoms with van der Waals surface area (Å²) in [5.74, 6) is -0.415. The lowest BCUT2D eigenvalue weighted by Gasteiger charge is -2.28. The molecule has 0 aliphatic carbocycles. The Hall–Kier alpha value is -3.10. The van der Waals surface area contributed by atoms with Crippen molar-refractivity contribution in [2.45, 2.75) is 26.5 Å². The molecule has 8 heteroatoms. The summed E-state index contributed by atoms with van der Waals surface area (Å²) >= 11 is 1.61. The number of H-pyrrole nitrogens is 1. The van der Waals surface area contributed by atoms with Crippen LogP contribution in [0.4, 0.5) is 14.6 Å². The van der Waals surface area contributed by atoms with Gasteiger partial charge in [0.15, 0.2) is 0 Å². The highest BCUT2D eigenvalue weighted by atomic mass is 32.1. The number of rotatable bonds is 4. The van der Waals surface area contributed by atoms with Gasteiger partial charge in [0.25, 0.3) is 0 Å². The van der Waals surface area contributed by atoms with Crippen LogP contribution >= 0.6 is 11.3 Å². The van der Waals surface area contributed by atoms with E-state index in [0.717, 1.165) is 32.5 Å². The van der Waals surface area contributed by atoms with E-state index in [-0.39, 0.29) is 12.2 Å². The molecule has 0 fully saturated rings. The maximum absolute atomic E-state index is 14.4. The van der Waals surface area contributed by atoms with Gasteiger partial charge in [-0.2, -0.15) is 0 Å². The summed E-state index contributed by atoms with van der Waals surface area (Å²) in [6, 6.07) is 7.65. The van der Waals surface area contributed by atoms with Gasteiger partial charge in [-0.1, -0.05) is 6.07 Å². The fraction of sp³-hybridized carbons (Fsp3) is 0.217. The topological polar surface area (TPSA) is 65.0 Å². The molecule has 5 nitrogen and oxygen atoms in total. The van der Waals surface area contributed by atoms with Crippen molar-refractivity contribution in [2.75, 3.05) is 11.4 Å². The highest BCUT2D eigenvalue weighted by molar-refractivity contribution is 7.15. The highest BCUT2D eigenvalue weighted by Crippen LogP contribution is 2.38. The van der Waals surface area contributed by atoms with E-state index in [0.29, 0.717) is 30.8 Å². The molecule has 0 unspecified atom stereocenters. The van der Waals surface area contributed by atoms with Gasteiger partial charge in [0.1, 0.15) is 22.5 Å². The van der Waals surface area contributed by atoms with Crippen LogP contribution in [0.2, 0.25) is 0 Å². The third-order valence-electron chi connectivity index (χ3n) is 5.64. The molecule has 4 aromatic rings. The van der Waals surface area contributed by atoms with Crippen LogP contribution in [0.1, 0.15) is 21.7 Å². The first-order valence-corrected chi connectivity index (χ1v) is 10.8. The van der Waals surface area contributed by atoms with Gasteiger partial charge in [0.2, 0.25) is 0 Å². The fourth-order valence-electron chi connectivity index (χ4n) is 4.16. The van der Waals surface area contributed by atoms with Gasteiger partial charge in [-0.3, -0.25) is 4.98 Å². The maximum atomic E-state index is 14.4. The van der Waals surface area contributed by atoms with Gasteiger partial charge in [0.05, 0.1) is 17.9 Å². The Labute approximate surface area is 182 Å². The smallest absolute Gasteiger partial charge is 0.143 e. The minimum atomic E-state index is -0.651. The second kappa shape index (κ2) is 7.86. The molecule has 5 rings (SSSR count). The van der Waals surface area contributed by atoms with Crippen LogP contribution in [0.3, 0.4) is 0 Å². The van der Waals surface area contributed by atoms with Gasteiger partial charge in [0, 0.05) is 53.6 Å². The average Bonchev–Trinajstić information content (AvgIpc) is 3.34. The van der Waals surface area contributed by atoms with Crippen LogP contribution in [0.15, 0.2) is 42.7 Å². The summed E-state index contributed by atoms with van der Waals surface area (Å²) in [4.78, 5) is 15.4. The van der Waals surface area contributed by atoms with Crippen LogP contribution in [0, 0.1) is 18.6 Å². The van der Waals surface area contributed by atoms with E-state index >= 15 is 0 Å². The molecule has 0 amide bonds. The predicted octanol–water partition coefficient (Wildman–Crippen LogP) is 4.84. The Bertz CT molecular complexity index is 1230. The van der Waals surface area contributed by atoms with Crippen molar-refractivity contribution in [3.63, 3.8) is 0 Å². The lowest BCUT2D eigenvalue weighted by molar-refractivity contribution is 0.281. The quantitative estimate of drug-likeness (QED) is 0.479. The van der Waals surface area contributed by atoms with Crippen molar-refractivity contribution >= 4 is 17.2 Å². The number of hydrogen-bond donors (Lipinski definition) is 2. The van der Waals surface area contributed by atoms with Crippen LogP contribution in [0.25, 0.3) is 21.8 Å². The Kier molecular flexibility index (Phi) is 5.03. The second-order valence-electron chi connectivity index (χ2n) is 7.50. The van der Waals surface area contributed by atoms with E-state index in [1.807, 2.05) is 19.1 Å². The molecule has 31 heavy (non-hydrogen) atoms. The number of pyridine rings is 1. The molecule has 158 valence electrons. The Morgan fingerprint density at radius 2 is 2.00 bits per heavy atom. The van der Waals surface area contributed by atoms with E-state index in [9.17, 15) is 13.9 Å². The van der Waals surface area contributed by atoms with Gasteiger partial charge in [-0.25, -0.2) is 13.8 Å². The molecule has 0 saturated heterocycles. The SMILES string of the molecule is Cc1sc(-c2cccnc2)nc1N1CCc2[nH]c(-c3c(F)cccc3F)c(CO)c2C1. The van der Waals surface area contributed by atoms with Crippen molar-refractivity contribution in [2.24, 2.45) is 0 Å². The number of halogens is 2. The molecule has 0 spiro atoms. The Balaban J connectivity index is 1.52. The van der Waals surface area contributed by atoms with E-state index in [1.54, 1.807) is 23.7 Å². The lowest BCUT2D eigenvalue weighted by atomic mass is 10.0. The Morgan fingerprint density at radius 1 is 1.19 bits per heavy atom. The number of aliphatic hydroxyl groups excluding tert-OH is 1. The number of nitrogens with one attached hydrogen (secondary N) is 1. The zero-order chi connectivity index (χ0) is 21.5. The first-order valence-electron chi connectivity index (χ1n) is 9.97. The largest absolute Gasteiger partial charge is 0.392 e. The van der Waals surface area contributed by atoms with Crippen molar-refractivity contribution in [1.82, 2.24) is 15.0 Å². The fourth-order valence-corrected chi connectivity index (χ4v) is 5.08. The molecule has 0 atom stereocenters. The highest BCUT2D eigenvalue weighted by Gasteiger charge is 2.28. The molecule has 0 bridgehead atoms. The van der Waals surface area contributed by atoms with Crippen molar-refractivity contribution in [3.8, 4) is 21.8 Å². The normalized spacial score (nSPS) is 13.5. The summed E-state index contributed by atoms with van der Waals surface area (Å²) in [7, 11) is 0. The van der Waals surface area contributed by atoms with Crippen LogP contribution < -0.4 is 4.90 Å². The van der Waals surface area contributed by atoms with E-state index in [4.69, 9.17) is 4.98 Å². The summed E-state index contributed by atoms with van der Waals surface area (Å²) < 4.78 is 28.8. The van der Waals surface area contributed by atoms with E-state index in [2.05, 4.69) is 14.9 Å². The number of aryl methyl sites for hydroxylation is 1. The average molecular weight is 439 g/mol. The third kappa shape index (κ3) is 3.41. The molecule has 0 saturated carbocycles. The number of nitrogens with zero attached hydrogens (tertiary/aromatic N) is 3. The molecule has 0 radical (unpaired) electrons. The standard InChI is InChI=1S/C23H20F2N4OS/c1-13-22(28-23(31-13)14-4-3-8-26-10-14)29-9-7-19-15(11-29)16(12-30)21(27-19)20-17(24)5-2-6-18(20)25/h2-6,8,10,27,30H,7,9,11-12H2,1H3. The van der Waals surface area contributed by atoms with Gasteiger partial charge < -0.3 is 15.0 Å². The number of benzene rings is 1. The number of aliphatic hydroxyl groups is 1. The van der Waals surface area contributed by atoms with Crippen molar-refractivity contribution < 1.29 is 13.9 Å². The number of hydrogen-bond acceptors (Lipinski definition) is 5. The number of aromatic amines is 1. The number of anilines is 1. The third-order valence-corrected chi connectivity index (χ3v) is 6.65. The number of aromatic nitrogens is 3. The first kappa shape index (κ1) is 19.8. The van der Waals surface area contributed by atoms with Gasteiger partial charge in [-0.05, 0) is 36.8 Å². The molecule has 4 heterocycles. The van der Waals surface area contributed by atoms with Crippen molar-refractivity contribution in [3.05, 3.63) is 76.1 Å². The predicted molar refractivity (Wildman–Crippen MR) is 117 cm³/mol. The summed E-state index contributed by atoms with van der Waals surface area (Å²) in [5, 5.41) is 11.0. The number of fused-ring (bicyclic) bond motifs is 1. The molecular weight excluding hydrogens is 418 g/mol. The van der Waals surface area contributed by atoms with Crippen LogP contribution in [-0.4, -0.2) is 26.6 Å². The molecule has 2 N–H and O–H groups in total. The molecule has 1 aromatic carbocycles. The summed E-state index contributed by atoms with van der Waals surface area (Å²) in [5.41, 5.74) is 3.46. The maximum Gasteiger partial charge on any atom is 0.143 e. The minimum Gasteiger partial charge on any atom is -0.392 e. The molecule has 3 aromatic heterocycles. The Morgan fingerprint density at radius 3 is 2.71 bits per heavy atom. The van der Waals surface area contributed by atoms with Gasteiger partial charge in [-0.15, -0.1) is 11.3 Å². The molecule has 1 aliphatic heterocycles. The zero-order valence-corrected chi connectivity index (χ0v) is 17.6. The van der Waals surface area contributed by atoms with E-state index < -0.39 is 11.6 Å². The molecular formula is C23H20F2N4OS. The number of thiazole rings is 1. The molecule has 1 aliphatic rings. The zero-order valence-electron chi connectivity index (χ0n) is 16.8. The van der Waals surface area contributed by atoms with Gasteiger partial charge >= 0.3 is 0 Å². The van der Waals surface area contributed by atoms with E-state index in [1.165, 1.54) is 18.2 Å². The summed E-state index contributed by atoms with van der Waals surface area (Å²) in [6.07, 6.45) is 4.19. The van der Waals surface area contributed by atoms with Crippen LogP contribution in [0.5, 0.6) is 0 Å².